The molecule has 1 heterocycles. The van der Waals surface area contributed by atoms with Crippen LogP contribution in [0.15, 0.2) is 60.9 Å². The summed E-state index contributed by atoms with van der Waals surface area (Å²) in [5.74, 6) is 0. The van der Waals surface area contributed by atoms with Gasteiger partial charge in [-0.2, -0.15) is 0 Å². The minimum Gasteiger partial charge on any atom is -0.305 e. The van der Waals surface area contributed by atoms with Crippen LogP contribution in [0.1, 0.15) is 18.1 Å². The van der Waals surface area contributed by atoms with Gasteiger partial charge in [-0.15, -0.1) is 0 Å². The number of hydrogen-bond acceptors (Lipinski definition) is 3. The second-order valence-corrected chi connectivity index (χ2v) is 4.20. The maximum atomic E-state index is 8.09. The molecule has 1 aromatic heterocycles. The van der Waals surface area contributed by atoms with Crippen molar-refractivity contribution in [2.45, 2.75) is 6.92 Å². The minimum absolute atomic E-state index is 0.360. The van der Waals surface area contributed by atoms with Crippen molar-refractivity contribution in [3.05, 3.63) is 72.1 Å². The summed E-state index contributed by atoms with van der Waals surface area (Å²) in [5.41, 5.74) is 3.26. The molecule has 0 saturated carbocycles. The van der Waals surface area contributed by atoms with Crippen molar-refractivity contribution in [3.63, 3.8) is 0 Å². The van der Waals surface area contributed by atoms with Crippen molar-refractivity contribution in [1.82, 2.24) is 4.98 Å². The first kappa shape index (κ1) is 12.9. The zero-order valence-electron chi connectivity index (χ0n) is 10.7. The van der Waals surface area contributed by atoms with Crippen LogP contribution in [0.25, 0.3) is 5.57 Å². The molecule has 0 radical (unpaired) electrons. The molecule has 3 heteroatoms. The molecule has 94 valence electrons. The fourth-order valence-electron chi connectivity index (χ4n) is 1.78. The normalized spacial score (nSPS) is 11.1. The molecular weight excluding hydrogens is 234 g/mol. The highest BCUT2D eigenvalue weighted by Crippen LogP contribution is 2.16. The Balaban J connectivity index is 2.38. The van der Waals surface area contributed by atoms with E-state index in [2.05, 4.69) is 4.98 Å². The van der Waals surface area contributed by atoms with Crippen LogP contribution in [0.5, 0.6) is 0 Å². The second kappa shape index (κ2) is 5.87. The van der Waals surface area contributed by atoms with E-state index in [1.54, 1.807) is 31.5 Å². The van der Waals surface area contributed by atoms with E-state index >= 15 is 0 Å². The standard InChI is InChI=1S/C16H15N3/c1-12(17)15(13-6-3-2-4-7-13)10-16(18)14-8-5-9-19-11-14/h2-11,17-18H,1H3/b15-10+,17-12?,18-16?. The zero-order valence-corrected chi connectivity index (χ0v) is 10.7. The SMILES string of the molecule is CC(=N)/C(=C\C(=N)c1cccnc1)c1ccccc1. The van der Waals surface area contributed by atoms with Crippen LogP contribution in [-0.4, -0.2) is 16.4 Å². The lowest BCUT2D eigenvalue weighted by Crippen LogP contribution is -2.01. The first-order valence-corrected chi connectivity index (χ1v) is 6.00. The Hall–Kier alpha value is -2.55. The van der Waals surface area contributed by atoms with Gasteiger partial charge in [-0.1, -0.05) is 30.3 Å². The molecule has 0 unspecified atom stereocenters. The summed E-state index contributed by atoms with van der Waals surface area (Å²) in [5, 5.41) is 16.0. The summed E-state index contributed by atoms with van der Waals surface area (Å²) in [6, 6.07) is 13.3. The van der Waals surface area contributed by atoms with Crippen LogP contribution in [0.2, 0.25) is 0 Å². The van der Waals surface area contributed by atoms with E-state index in [9.17, 15) is 0 Å². The topological polar surface area (TPSA) is 60.6 Å². The smallest absolute Gasteiger partial charge is 0.0634 e. The fraction of sp³-hybridized carbons (Fsp3) is 0.0625. The average molecular weight is 249 g/mol. The van der Waals surface area contributed by atoms with Crippen LogP contribution in [0.3, 0.4) is 0 Å². The van der Waals surface area contributed by atoms with E-state index in [0.29, 0.717) is 11.4 Å². The number of nitrogens with zero attached hydrogens (tertiary/aromatic N) is 1. The van der Waals surface area contributed by atoms with Crippen LogP contribution in [0.4, 0.5) is 0 Å². The Morgan fingerprint density at radius 1 is 1.00 bits per heavy atom. The first-order valence-electron chi connectivity index (χ1n) is 6.00. The molecule has 3 nitrogen and oxygen atoms in total. The quantitative estimate of drug-likeness (QED) is 0.799. The molecule has 2 N–H and O–H groups in total. The predicted octanol–water partition coefficient (Wildman–Crippen LogP) is 3.57. The molecule has 19 heavy (non-hydrogen) atoms. The molecule has 0 spiro atoms. The lowest BCUT2D eigenvalue weighted by Gasteiger charge is -2.07. The number of nitrogens with one attached hydrogen (secondary N) is 2. The summed E-state index contributed by atoms with van der Waals surface area (Å²) in [4.78, 5) is 4.01. The molecule has 0 amide bonds. The van der Waals surface area contributed by atoms with E-state index in [1.165, 1.54) is 0 Å². The van der Waals surface area contributed by atoms with Gasteiger partial charge in [0.1, 0.15) is 0 Å². The van der Waals surface area contributed by atoms with Crippen LogP contribution in [0, 0.1) is 10.8 Å². The monoisotopic (exact) mass is 249 g/mol. The summed E-state index contributed by atoms with van der Waals surface area (Å²) < 4.78 is 0. The lowest BCUT2D eigenvalue weighted by molar-refractivity contribution is 1.31. The van der Waals surface area contributed by atoms with Crippen molar-refractivity contribution >= 4 is 17.0 Å². The molecule has 0 aliphatic rings. The van der Waals surface area contributed by atoms with Crippen molar-refractivity contribution in [1.29, 1.82) is 10.8 Å². The molecule has 1 aromatic carbocycles. The largest absolute Gasteiger partial charge is 0.305 e. The van der Waals surface area contributed by atoms with E-state index in [0.717, 1.165) is 16.7 Å². The number of benzene rings is 1. The van der Waals surface area contributed by atoms with Crippen molar-refractivity contribution in [2.75, 3.05) is 0 Å². The first-order chi connectivity index (χ1) is 9.18. The molecule has 2 aromatic rings. The highest BCUT2D eigenvalue weighted by Gasteiger charge is 2.06. The van der Waals surface area contributed by atoms with Gasteiger partial charge >= 0.3 is 0 Å². The van der Waals surface area contributed by atoms with Gasteiger partial charge in [0.25, 0.3) is 0 Å². The molecule has 0 atom stereocenters. The number of rotatable bonds is 4. The Morgan fingerprint density at radius 3 is 2.26 bits per heavy atom. The fourth-order valence-corrected chi connectivity index (χ4v) is 1.78. The van der Waals surface area contributed by atoms with Crippen LogP contribution in [-0.2, 0) is 0 Å². The molecule has 0 aliphatic heterocycles. The minimum atomic E-state index is 0.360. The zero-order chi connectivity index (χ0) is 13.7. The predicted molar refractivity (Wildman–Crippen MR) is 78.9 cm³/mol. The summed E-state index contributed by atoms with van der Waals surface area (Å²) >= 11 is 0. The van der Waals surface area contributed by atoms with E-state index in [1.807, 2.05) is 36.4 Å². The summed E-state index contributed by atoms with van der Waals surface area (Å²) in [6.45, 7) is 1.73. The maximum absolute atomic E-state index is 8.09. The summed E-state index contributed by atoms with van der Waals surface area (Å²) in [6.07, 6.45) is 5.05. The Bertz CT molecular complexity index is 613. The Labute approximate surface area is 112 Å². The third-order valence-electron chi connectivity index (χ3n) is 2.75. The Kier molecular flexibility index (Phi) is 3.98. The number of allylic oxidation sites excluding steroid dienone is 2. The number of pyridine rings is 1. The summed E-state index contributed by atoms with van der Waals surface area (Å²) in [7, 11) is 0. The van der Waals surface area contributed by atoms with E-state index < -0.39 is 0 Å². The van der Waals surface area contributed by atoms with E-state index in [4.69, 9.17) is 10.8 Å². The van der Waals surface area contributed by atoms with Gasteiger partial charge in [-0.25, -0.2) is 0 Å². The molecule has 2 rings (SSSR count). The third kappa shape index (κ3) is 3.22. The Morgan fingerprint density at radius 2 is 1.68 bits per heavy atom. The van der Waals surface area contributed by atoms with Gasteiger partial charge in [0.15, 0.2) is 0 Å². The second-order valence-electron chi connectivity index (χ2n) is 4.20. The molecule has 0 saturated heterocycles. The van der Waals surface area contributed by atoms with Crippen LogP contribution < -0.4 is 0 Å². The van der Waals surface area contributed by atoms with Crippen molar-refractivity contribution in [2.24, 2.45) is 0 Å². The number of hydrogen-bond donors (Lipinski definition) is 2. The van der Waals surface area contributed by atoms with Gasteiger partial charge in [-0.05, 0) is 30.7 Å². The maximum Gasteiger partial charge on any atom is 0.0634 e. The van der Waals surface area contributed by atoms with Gasteiger partial charge < -0.3 is 10.8 Å². The molecule has 0 aliphatic carbocycles. The molecule has 0 bridgehead atoms. The van der Waals surface area contributed by atoms with Gasteiger partial charge in [0.2, 0.25) is 0 Å². The van der Waals surface area contributed by atoms with E-state index in [-0.39, 0.29) is 0 Å². The lowest BCUT2D eigenvalue weighted by atomic mass is 9.99. The number of aromatic nitrogens is 1. The van der Waals surface area contributed by atoms with Gasteiger partial charge in [0, 0.05) is 29.2 Å². The van der Waals surface area contributed by atoms with Crippen molar-refractivity contribution in [3.8, 4) is 0 Å². The van der Waals surface area contributed by atoms with Crippen molar-refractivity contribution < 1.29 is 0 Å². The molecular formula is C16H15N3. The highest BCUT2D eigenvalue weighted by molar-refractivity contribution is 6.27. The molecule has 0 fully saturated rings. The average Bonchev–Trinajstić information content (AvgIpc) is 2.46. The highest BCUT2D eigenvalue weighted by atomic mass is 14.6. The van der Waals surface area contributed by atoms with Gasteiger partial charge in [-0.3, -0.25) is 4.98 Å². The van der Waals surface area contributed by atoms with Crippen LogP contribution >= 0.6 is 0 Å². The van der Waals surface area contributed by atoms with Gasteiger partial charge in [0.05, 0.1) is 5.71 Å². The third-order valence-corrected chi connectivity index (χ3v) is 2.75.